The molecule has 0 unspecified atom stereocenters. The predicted octanol–water partition coefficient (Wildman–Crippen LogP) is -1.28. The van der Waals surface area contributed by atoms with Gasteiger partial charge in [0, 0.05) is 46.6 Å². The average Bonchev–Trinajstić information content (AvgIpc) is 3.08. The van der Waals surface area contributed by atoms with E-state index in [1.165, 1.54) is 9.21 Å². The first-order chi connectivity index (χ1) is 11.8. The summed E-state index contributed by atoms with van der Waals surface area (Å²) < 4.78 is 34.3. The molecule has 2 saturated heterocycles. The van der Waals surface area contributed by atoms with Crippen LogP contribution < -0.4 is 0 Å². The number of aryl methyl sites for hydroxylation is 1. The Bertz CT molecular complexity index is 732. The first-order valence-corrected chi connectivity index (χ1v) is 9.88. The molecule has 0 radical (unpaired) electrons. The summed E-state index contributed by atoms with van der Waals surface area (Å²) >= 11 is 0. The Balaban J connectivity index is 1.79. The summed E-state index contributed by atoms with van der Waals surface area (Å²) in [6.45, 7) is 1.79. The van der Waals surface area contributed by atoms with E-state index in [2.05, 4.69) is 9.88 Å². The average molecular weight is 371 g/mol. The summed E-state index contributed by atoms with van der Waals surface area (Å²) in [4.78, 5) is 20.0. The smallest absolute Gasteiger partial charge is 0.237 e. The lowest BCUT2D eigenvalue weighted by Gasteiger charge is -2.28. The molecule has 0 saturated carbocycles. The number of carbonyl (C=O) groups excluding carboxylic acids is 1. The summed E-state index contributed by atoms with van der Waals surface area (Å²) in [5, 5.41) is 0. The van der Waals surface area contributed by atoms with Crippen LogP contribution in [0.1, 0.15) is 5.82 Å². The zero-order valence-corrected chi connectivity index (χ0v) is 15.6. The Morgan fingerprint density at radius 3 is 2.80 bits per heavy atom. The quantitative estimate of drug-likeness (QED) is 0.655. The molecule has 0 aromatic carbocycles. The Hall–Kier alpha value is -1.49. The van der Waals surface area contributed by atoms with Gasteiger partial charge < -0.3 is 14.2 Å². The standard InChI is InChI=1S/C15H25N5O4S/c1-17(2)15(21)11-20-12-8-19(10-14-16-4-5-18(14)3)9-13(12)24-6-7-25(20,22)23/h4-5,12-13H,6-11H2,1-3H3/t12-,13+/m1/s1. The fraction of sp³-hybridized carbons (Fsp3) is 0.733. The van der Waals surface area contributed by atoms with Crippen LogP contribution in [-0.4, -0.2) is 96.2 Å². The van der Waals surface area contributed by atoms with E-state index in [0.29, 0.717) is 19.6 Å². The molecule has 0 spiro atoms. The molecule has 1 aromatic heterocycles. The number of aromatic nitrogens is 2. The third-order valence-electron chi connectivity index (χ3n) is 4.79. The third-order valence-corrected chi connectivity index (χ3v) is 6.59. The van der Waals surface area contributed by atoms with Crippen molar-refractivity contribution in [2.75, 3.05) is 46.1 Å². The second-order valence-corrected chi connectivity index (χ2v) is 8.82. The van der Waals surface area contributed by atoms with Crippen LogP contribution in [0.25, 0.3) is 0 Å². The van der Waals surface area contributed by atoms with Gasteiger partial charge in [-0.25, -0.2) is 13.4 Å². The molecule has 140 valence electrons. The number of hydrogen-bond donors (Lipinski definition) is 0. The zero-order chi connectivity index (χ0) is 18.2. The van der Waals surface area contributed by atoms with E-state index < -0.39 is 10.0 Å². The fourth-order valence-corrected chi connectivity index (χ4v) is 4.73. The van der Waals surface area contributed by atoms with Crippen molar-refractivity contribution >= 4 is 15.9 Å². The predicted molar refractivity (Wildman–Crippen MR) is 91.2 cm³/mol. The molecule has 1 amide bonds. The van der Waals surface area contributed by atoms with Gasteiger partial charge in [-0.2, -0.15) is 4.31 Å². The minimum Gasteiger partial charge on any atom is -0.374 e. The number of ether oxygens (including phenoxy) is 1. The van der Waals surface area contributed by atoms with Crippen LogP contribution >= 0.6 is 0 Å². The first kappa shape index (κ1) is 18.3. The van der Waals surface area contributed by atoms with Crippen molar-refractivity contribution in [3.63, 3.8) is 0 Å². The first-order valence-electron chi connectivity index (χ1n) is 8.28. The number of imidazole rings is 1. The van der Waals surface area contributed by atoms with Gasteiger partial charge in [-0.3, -0.25) is 9.69 Å². The van der Waals surface area contributed by atoms with Crippen LogP contribution in [0.5, 0.6) is 0 Å². The van der Waals surface area contributed by atoms with Crippen LogP contribution in [0.3, 0.4) is 0 Å². The van der Waals surface area contributed by atoms with E-state index in [1.807, 2.05) is 17.8 Å². The highest BCUT2D eigenvalue weighted by Crippen LogP contribution is 2.26. The van der Waals surface area contributed by atoms with Gasteiger partial charge in [0.25, 0.3) is 0 Å². The molecule has 0 bridgehead atoms. The van der Waals surface area contributed by atoms with Crippen LogP contribution in [0.15, 0.2) is 12.4 Å². The molecule has 25 heavy (non-hydrogen) atoms. The van der Waals surface area contributed by atoms with Crippen molar-refractivity contribution in [2.24, 2.45) is 7.05 Å². The van der Waals surface area contributed by atoms with E-state index in [4.69, 9.17) is 4.74 Å². The Morgan fingerprint density at radius 1 is 1.40 bits per heavy atom. The van der Waals surface area contributed by atoms with E-state index >= 15 is 0 Å². The largest absolute Gasteiger partial charge is 0.374 e. The van der Waals surface area contributed by atoms with Gasteiger partial charge in [0.2, 0.25) is 15.9 Å². The number of amides is 1. The number of rotatable bonds is 4. The molecule has 9 nitrogen and oxygen atoms in total. The second kappa shape index (κ2) is 7.02. The van der Waals surface area contributed by atoms with Crippen LogP contribution in [0.4, 0.5) is 0 Å². The van der Waals surface area contributed by atoms with Gasteiger partial charge in [-0.05, 0) is 0 Å². The molecule has 2 aliphatic rings. The number of sulfonamides is 1. The molecule has 3 rings (SSSR count). The Kier molecular flexibility index (Phi) is 5.14. The minimum absolute atomic E-state index is 0.0833. The molecule has 1 aromatic rings. The van der Waals surface area contributed by atoms with Crippen molar-refractivity contribution < 1.29 is 17.9 Å². The molecule has 10 heteroatoms. The molecule has 0 N–H and O–H groups in total. The second-order valence-electron chi connectivity index (χ2n) is 6.77. The summed E-state index contributed by atoms with van der Waals surface area (Å²) in [6.07, 6.45) is 3.39. The van der Waals surface area contributed by atoms with Crippen LogP contribution in [0, 0.1) is 0 Å². The number of likely N-dealkylation sites (N-methyl/N-ethyl adjacent to an activating group) is 1. The topological polar surface area (TPSA) is 88.0 Å². The van der Waals surface area contributed by atoms with Crippen molar-refractivity contribution in [1.29, 1.82) is 0 Å². The summed E-state index contributed by atoms with van der Waals surface area (Å²) in [5.74, 6) is 0.599. The highest BCUT2D eigenvalue weighted by molar-refractivity contribution is 7.89. The lowest BCUT2D eigenvalue weighted by atomic mass is 10.2. The maximum absolute atomic E-state index is 12.6. The van der Waals surface area contributed by atoms with Crippen molar-refractivity contribution in [2.45, 2.75) is 18.7 Å². The number of carbonyl (C=O) groups is 1. The zero-order valence-electron chi connectivity index (χ0n) is 14.8. The lowest BCUT2D eigenvalue weighted by molar-refractivity contribution is -0.129. The van der Waals surface area contributed by atoms with Crippen molar-refractivity contribution in [3.8, 4) is 0 Å². The normalized spacial score (nSPS) is 27.0. The molecular weight excluding hydrogens is 346 g/mol. The molecule has 0 aliphatic carbocycles. The van der Waals surface area contributed by atoms with Gasteiger partial charge in [0.05, 0.1) is 37.6 Å². The maximum Gasteiger partial charge on any atom is 0.237 e. The van der Waals surface area contributed by atoms with E-state index in [1.54, 1.807) is 20.3 Å². The summed E-state index contributed by atoms with van der Waals surface area (Å²) in [5.41, 5.74) is 0. The molecule has 2 fully saturated rings. The highest BCUT2D eigenvalue weighted by Gasteiger charge is 2.45. The summed E-state index contributed by atoms with van der Waals surface area (Å²) in [7, 11) is 1.66. The fourth-order valence-electron chi connectivity index (χ4n) is 3.27. The maximum atomic E-state index is 12.6. The molecule has 2 atom stereocenters. The van der Waals surface area contributed by atoms with E-state index in [0.717, 1.165) is 5.82 Å². The number of fused-ring (bicyclic) bond motifs is 1. The molecule has 3 heterocycles. The molecular formula is C15H25N5O4S. The monoisotopic (exact) mass is 371 g/mol. The minimum atomic E-state index is -3.52. The van der Waals surface area contributed by atoms with Gasteiger partial charge in [-0.15, -0.1) is 0 Å². The lowest BCUT2D eigenvalue weighted by Crippen LogP contribution is -2.50. The van der Waals surface area contributed by atoms with Crippen molar-refractivity contribution in [3.05, 3.63) is 18.2 Å². The van der Waals surface area contributed by atoms with Crippen LogP contribution in [-0.2, 0) is 33.1 Å². The van der Waals surface area contributed by atoms with E-state index in [9.17, 15) is 13.2 Å². The highest BCUT2D eigenvalue weighted by atomic mass is 32.2. The van der Waals surface area contributed by atoms with Gasteiger partial charge >= 0.3 is 0 Å². The van der Waals surface area contributed by atoms with Gasteiger partial charge in [0.1, 0.15) is 5.82 Å². The number of hydrogen-bond acceptors (Lipinski definition) is 6. The summed E-state index contributed by atoms with van der Waals surface area (Å²) in [6, 6.07) is -0.350. The van der Waals surface area contributed by atoms with Gasteiger partial charge in [0.15, 0.2) is 0 Å². The number of likely N-dealkylation sites (tertiary alicyclic amines) is 1. The third kappa shape index (κ3) is 3.86. The molecule has 2 aliphatic heterocycles. The SMILES string of the molecule is CN(C)C(=O)CN1[C@@H]2CN(Cc3nccn3C)C[C@@H]2OCCS1(=O)=O. The van der Waals surface area contributed by atoms with Gasteiger partial charge in [-0.1, -0.05) is 0 Å². The Labute approximate surface area is 148 Å². The van der Waals surface area contributed by atoms with Crippen LogP contribution in [0.2, 0.25) is 0 Å². The number of nitrogens with zero attached hydrogens (tertiary/aromatic N) is 5. The van der Waals surface area contributed by atoms with E-state index in [-0.39, 0.29) is 37.0 Å². The Morgan fingerprint density at radius 2 is 2.16 bits per heavy atom. The van der Waals surface area contributed by atoms with Crippen molar-refractivity contribution in [1.82, 2.24) is 23.7 Å².